The van der Waals surface area contributed by atoms with Crippen molar-refractivity contribution in [1.82, 2.24) is 9.99 Å². The van der Waals surface area contributed by atoms with Crippen LogP contribution in [0.4, 0.5) is 4.79 Å². The van der Waals surface area contributed by atoms with Gasteiger partial charge in [-0.3, -0.25) is 0 Å². The zero-order valence-electron chi connectivity index (χ0n) is 9.09. The highest BCUT2D eigenvalue weighted by atomic mass is 79.9. The van der Waals surface area contributed by atoms with E-state index in [0.29, 0.717) is 10.3 Å². The van der Waals surface area contributed by atoms with Crippen molar-refractivity contribution in [2.24, 2.45) is 11.8 Å². The average molecular weight is 288 g/mol. The molecular formula is C10H14BrN3O2. The fraction of sp³-hybridized carbons (Fsp3) is 0.400. The predicted octanol–water partition coefficient (Wildman–Crippen LogP) is 2.39. The highest BCUT2D eigenvalue weighted by Crippen LogP contribution is 2.25. The minimum absolute atomic E-state index is 0.0444. The van der Waals surface area contributed by atoms with Gasteiger partial charge in [-0.05, 0) is 34.0 Å². The SMILES string of the molecule is CC(C)C(c1cccc(Br)n1)N(N)C(=O)O. The van der Waals surface area contributed by atoms with Crippen LogP contribution in [0.1, 0.15) is 25.6 Å². The van der Waals surface area contributed by atoms with Gasteiger partial charge < -0.3 is 5.11 Å². The normalized spacial score (nSPS) is 12.6. The number of halogens is 1. The number of hydrazine groups is 1. The van der Waals surface area contributed by atoms with Crippen LogP contribution >= 0.6 is 15.9 Å². The Balaban J connectivity index is 3.07. The summed E-state index contributed by atoms with van der Waals surface area (Å²) in [4.78, 5) is 15.1. The Bertz CT molecular complexity index is 384. The molecule has 1 unspecified atom stereocenters. The molecule has 16 heavy (non-hydrogen) atoms. The fourth-order valence-electron chi connectivity index (χ4n) is 1.51. The monoisotopic (exact) mass is 287 g/mol. The maximum absolute atomic E-state index is 10.9. The van der Waals surface area contributed by atoms with Gasteiger partial charge in [-0.1, -0.05) is 19.9 Å². The van der Waals surface area contributed by atoms with Crippen LogP contribution in [0, 0.1) is 5.92 Å². The largest absolute Gasteiger partial charge is 0.464 e. The van der Waals surface area contributed by atoms with E-state index in [1.165, 1.54) is 0 Å². The lowest BCUT2D eigenvalue weighted by atomic mass is 10.00. The zero-order valence-corrected chi connectivity index (χ0v) is 10.7. The molecule has 0 saturated heterocycles. The summed E-state index contributed by atoms with van der Waals surface area (Å²) in [7, 11) is 0. The Kier molecular flexibility index (Phi) is 4.26. The quantitative estimate of drug-likeness (QED) is 0.387. The molecule has 0 aliphatic heterocycles. The number of hydrogen-bond donors (Lipinski definition) is 2. The molecule has 0 aliphatic rings. The second kappa shape index (κ2) is 5.27. The highest BCUT2D eigenvalue weighted by Gasteiger charge is 2.26. The van der Waals surface area contributed by atoms with Gasteiger partial charge in [0.15, 0.2) is 0 Å². The lowest BCUT2D eigenvalue weighted by Gasteiger charge is -2.27. The summed E-state index contributed by atoms with van der Waals surface area (Å²) >= 11 is 3.25. The predicted molar refractivity (Wildman–Crippen MR) is 63.6 cm³/mol. The summed E-state index contributed by atoms with van der Waals surface area (Å²) in [6.45, 7) is 3.80. The smallest absolute Gasteiger partial charge is 0.422 e. The maximum atomic E-state index is 10.9. The van der Waals surface area contributed by atoms with Gasteiger partial charge in [0.1, 0.15) is 4.60 Å². The van der Waals surface area contributed by atoms with E-state index in [9.17, 15) is 4.79 Å². The molecule has 88 valence electrons. The first-order valence-electron chi connectivity index (χ1n) is 4.82. The van der Waals surface area contributed by atoms with Crippen LogP contribution in [-0.4, -0.2) is 21.2 Å². The summed E-state index contributed by atoms with van der Waals surface area (Å²) in [5.41, 5.74) is 0.634. The Hall–Kier alpha value is -1.14. The van der Waals surface area contributed by atoms with Crippen molar-refractivity contribution in [1.29, 1.82) is 0 Å². The first-order chi connectivity index (χ1) is 7.43. The minimum atomic E-state index is -1.17. The van der Waals surface area contributed by atoms with Crippen molar-refractivity contribution in [2.45, 2.75) is 19.9 Å². The van der Waals surface area contributed by atoms with Crippen LogP contribution in [0.15, 0.2) is 22.8 Å². The van der Waals surface area contributed by atoms with Gasteiger partial charge in [-0.25, -0.2) is 20.6 Å². The van der Waals surface area contributed by atoms with Gasteiger partial charge in [0.25, 0.3) is 0 Å². The highest BCUT2D eigenvalue weighted by molar-refractivity contribution is 9.10. The van der Waals surface area contributed by atoms with Crippen LogP contribution in [0.5, 0.6) is 0 Å². The van der Waals surface area contributed by atoms with E-state index >= 15 is 0 Å². The first kappa shape index (κ1) is 12.9. The van der Waals surface area contributed by atoms with Crippen molar-refractivity contribution < 1.29 is 9.90 Å². The Morgan fingerprint density at radius 2 is 2.19 bits per heavy atom. The lowest BCUT2D eigenvalue weighted by molar-refractivity contribution is 0.108. The lowest BCUT2D eigenvalue weighted by Crippen LogP contribution is -2.42. The molecule has 0 spiro atoms. The molecule has 0 fully saturated rings. The molecule has 1 rings (SSSR count). The van der Waals surface area contributed by atoms with Gasteiger partial charge in [0, 0.05) is 0 Å². The van der Waals surface area contributed by atoms with Crippen LogP contribution in [0.2, 0.25) is 0 Å². The second-order valence-electron chi connectivity index (χ2n) is 3.76. The average Bonchev–Trinajstić information content (AvgIpc) is 2.17. The van der Waals surface area contributed by atoms with E-state index < -0.39 is 12.1 Å². The van der Waals surface area contributed by atoms with Crippen molar-refractivity contribution in [3.8, 4) is 0 Å². The number of hydrogen-bond acceptors (Lipinski definition) is 3. The van der Waals surface area contributed by atoms with Gasteiger partial charge in [-0.15, -0.1) is 0 Å². The molecule has 0 aromatic carbocycles. The Labute approximate surface area is 102 Å². The number of aromatic nitrogens is 1. The number of carboxylic acid groups (broad SMARTS) is 1. The van der Waals surface area contributed by atoms with Gasteiger partial charge in [0.2, 0.25) is 0 Å². The number of pyridine rings is 1. The molecule has 1 amide bonds. The number of carbonyl (C=O) groups is 1. The van der Waals surface area contributed by atoms with Crippen molar-refractivity contribution in [3.05, 3.63) is 28.5 Å². The van der Waals surface area contributed by atoms with Gasteiger partial charge in [0.05, 0.1) is 11.7 Å². The van der Waals surface area contributed by atoms with E-state index in [1.54, 1.807) is 18.2 Å². The van der Waals surface area contributed by atoms with Crippen molar-refractivity contribution >= 4 is 22.0 Å². The first-order valence-corrected chi connectivity index (χ1v) is 5.62. The zero-order chi connectivity index (χ0) is 12.3. The molecule has 0 bridgehead atoms. The summed E-state index contributed by atoms with van der Waals surface area (Å²) in [5.74, 6) is 5.57. The Morgan fingerprint density at radius 1 is 1.56 bits per heavy atom. The number of nitrogens with zero attached hydrogens (tertiary/aromatic N) is 2. The number of rotatable bonds is 3. The van der Waals surface area contributed by atoms with Crippen molar-refractivity contribution in [3.63, 3.8) is 0 Å². The summed E-state index contributed by atoms with van der Waals surface area (Å²) in [6, 6.07) is 4.90. The summed E-state index contributed by atoms with van der Waals surface area (Å²) < 4.78 is 0.662. The van der Waals surface area contributed by atoms with Crippen LogP contribution in [0.3, 0.4) is 0 Å². The topological polar surface area (TPSA) is 79.5 Å². The molecule has 1 aromatic heterocycles. The summed E-state index contributed by atoms with van der Waals surface area (Å²) in [6.07, 6.45) is -1.17. The Morgan fingerprint density at radius 3 is 2.62 bits per heavy atom. The van der Waals surface area contributed by atoms with E-state index in [2.05, 4.69) is 20.9 Å². The third-order valence-corrected chi connectivity index (χ3v) is 2.63. The molecule has 0 radical (unpaired) electrons. The molecule has 1 atom stereocenters. The number of amides is 1. The molecule has 0 saturated carbocycles. The number of nitrogens with two attached hydrogens (primary N) is 1. The third-order valence-electron chi connectivity index (χ3n) is 2.19. The van der Waals surface area contributed by atoms with Crippen LogP contribution in [0.25, 0.3) is 0 Å². The van der Waals surface area contributed by atoms with Gasteiger partial charge in [-0.2, -0.15) is 0 Å². The molecule has 0 aliphatic carbocycles. The second-order valence-corrected chi connectivity index (χ2v) is 4.58. The standard InChI is InChI=1S/C10H14BrN3O2/c1-6(2)9(14(12)10(15)16)7-4-3-5-8(11)13-7/h3-6,9H,12H2,1-2H3,(H,15,16). The molecule has 1 aromatic rings. The summed E-state index contributed by atoms with van der Waals surface area (Å²) in [5, 5.41) is 9.68. The minimum Gasteiger partial charge on any atom is -0.464 e. The molecule has 1 heterocycles. The van der Waals surface area contributed by atoms with Crippen LogP contribution < -0.4 is 5.84 Å². The van der Waals surface area contributed by atoms with E-state index in [1.807, 2.05) is 13.8 Å². The fourth-order valence-corrected chi connectivity index (χ4v) is 1.87. The van der Waals surface area contributed by atoms with E-state index in [0.717, 1.165) is 5.01 Å². The molecule has 5 nitrogen and oxygen atoms in total. The van der Waals surface area contributed by atoms with Crippen LogP contribution in [-0.2, 0) is 0 Å². The van der Waals surface area contributed by atoms with Gasteiger partial charge >= 0.3 is 6.09 Å². The molecule has 3 N–H and O–H groups in total. The maximum Gasteiger partial charge on any atom is 0.422 e. The molecule has 6 heteroatoms. The molecular weight excluding hydrogens is 274 g/mol. The third kappa shape index (κ3) is 2.93. The van der Waals surface area contributed by atoms with Crippen molar-refractivity contribution in [2.75, 3.05) is 0 Å². The van der Waals surface area contributed by atoms with E-state index in [4.69, 9.17) is 10.9 Å². The van der Waals surface area contributed by atoms with E-state index in [-0.39, 0.29) is 5.92 Å².